The van der Waals surface area contributed by atoms with Crippen LogP contribution in [0.3, 0.4) is 0 Å². The number of phenols is 1. The number of fused-ring (bicyclic) bond motifs is 3. The summed E-state index contributed by atoms with van der Waals surface area (Å²) in [5.41, 5.74) is 3.59. The van der Waals surface area contributed by atoms with Gasteiger partial charge >= 0.3 is 0 Å². The quantitative estimate of drug-likeness (QED) is 0.408. The number of benzene rings is 2. The van der Waals surface area contributed by atoms with Gasteiger partial charge in [0, 0.05) is 41.1 Å². The van der Waals surface area contributed by atoms with Crippen LogP contribution in [-0.2, 0) is 16.6 Å². The van der Waals surface area contributed by atoms with Crippen molar-refractivity contribution in [2.75, 3.05) is 5.32 Å². The summed E-state index contributed by atoms with van der Waals surface area (Å²) in [6, 6.07) is 10.3. The summed E-state index contributed by atoms with van der Waals surface area (Å²) in [6.07, 6.45) is 3.55. The highest BCUT2D eigenvalue weighted by atomic mass is 19.1. The number of rotatable bonds is 4. The Balaban J connectivity index is 1.20. The number of hydrogen-bond acceptors (Lipinski definition) is 5. The Morgan fingerprint density at radius 3 is 2.94 bits per heavy atom. The minimum atomic E-state index is -0.261. The fourth-order valence-corrected chi connectivity index (χ4v) is 5.51. The minimum Gasteiger partial charge on any atom is -0.508 e. The van der Waals surface area contributed by atoms with E-state index in [0.29, 0.717) is 47.2 Å². The second-order valence-electron chi connectivity index (χ2n) is 9.54. The lowest BCUT2D eigenvalue weighted by atomic mass is 9.95. The second kappa shape index (κ2) is 6.56. The van der Waals surface area contributed by atoms with Crippen molar-refractivity contribution < 1.29 is 19.0 Å². The first-order valence-corrected chi connectivity index (χ1v) is 11.4. The summed E-state index contributed by atoms with van der Waals surface area (Å²) in [4.78, 5) is 24.0. The lowest BCUT2D eigenvalue weighted by Gasteiger charge is -2.19. The van der Waals surface area contributed by atoms with E-state index >= 15 is 0 Å². The highest BCUT2D eigenvalue weighted by Crippen LogP contribution is 2.84. The van der Waals surface area contributed by atoms with Gasteiger partial charge in [-0.15, -0.1) is 0 Å². The first-order chi connectivity index (χ1) is 16.4. The number of imidazole rings is 1. The number of pyridine rings is 1. The summed E-state index contributed by atoms with van der Waals surface area (Å²) in [6.45, 7) is 1.74. The molecule has 0 spiro atoms. The number of carbonyl (C=O) groups excluding carboxylic acids is 1. The molecule has 2 fully saturated rings. The number of phenolic OH excluding ortho intramolecular Hbond substituents is 1. The molecular formula is C26H21FN4O3. The van der Waals surface area contributed by atoms with E-state index in [1.54, 1.807) is 37.4 Å². The second-order valence-corrected chi connectivity index (χ2v) is 9.54. The molecule has 0 saturated heterocycles. The van der Waals surface area contributed by atoms with Crippen molar-refractivity contribution in [3.63, 3.8) is 0 Å². The van der Waals surface area contributed by atoms with Gasteiger partial charge in [-0.2, -0.15) is 0 Å². The molecule has 3 heterocycles. The number of ether oxygens (including phenoxy) is 1. The smallest absolute Gasteiger partial charge is 0.225 e. The number of carbonyl (C=O) groups is 1. The highest BCUT2D eigenvalue weighted by Gasteiger charge is 2.81. The third-order valence-corrected chi connectivity index (χ3v) is 7.55. The molecule has 3 atom stereocenters. The predicted molar refractivity (Wildman–Crippen MR) is 123 cm³/mol. The number of aromatic amines is 1. The molecule has 2 aliphatic carbocycles. The monoisotopic (exact) mass is 456 g/mol. The number of aryl methyl sites for hydroxylation is 1. The van der Waals surface area contributed by atoms with Crippen LogP contribution in [0.4, 0.5) is 10.2 Å². The lowest BCUT2D eigenvalue weighted by molar-refractivity contribution is -0.116. The van der Waals surface area contributed by atoms with Crippen molar-refractivity contribution in [1.82, 2.24) is 15.0 Å². The molecule has 0 radical (unpaired) electrons. The van der Waals surface area contributed by atoms with Gasteiger partial charge in [-0.3, -0.25) is 4.79 Å². The fraction of sp³-hybridized carbons (Fsp3) is 0.269. The van der Waals surface area contributed by atoms with E-state index in [0.717, 1.165) is 28.9 Å². The number of halogens is 1. The van der Waals surface area contributed by atoms with Crippen molar-refractivity contribution in [2.45, 2.75) is 37.5 Å². The zero-order chi connectivity index (χ0) is 23.2. The predicted octanol–water partition coefficient (Wildman–Crippen LogP) is 4.84. The number of amides is 1. The van der Waals surface area contributed by atoms with Crippen LogP contribution in [0.5, 0.6) is 17.2 Å². The largest absolute Gasteiger partial charge is 0.508 e. The summed E-state index contributed by atoms with van der Waals surface area (Å²) in [5, 5.41) is 13.4. The molecule has 0 unspecified atom stereocenters. The van der Waals surface area contributed by atoms with Gasteiger partial charge in [0.15, 0.2) is 0 Å². The van der Waals surface area contributed by atoms with Gasteiger partial charge in [-0.1, -0.05) is 0 Å². The van der Waals surface area contributed by atoms with Crippen LogP contribution in [0, 0.1) is 18.7 Å². The Morgan fingerprint density at radius 1 is 1.21 bits per heavy atom. The number of H-pyrrole nitrogens is 1. The maximum absolute atomic E-state index is 14.0. The first-order valence-electron chi connectivity index (χ1n) is 11.4. The maximum atomic E-state index is 14.0. The van der Waals surface area contributed by atoms with Crippen LogP contribution < -0.4 is 10.1 Å². The van der Waals surface area contributed by atoms with Crippen LogP contribution in [0.25, 0.3) is 11.0 Å². The molecule has 2 aromatic carbocycles. The Morgan fingerprint density at radius 2 is 2.09 bits per heavy atom. The average Bonchev–Trinajstić information content (AvgIpc) is 3.65. The van der Waals surface area contributed by atoms with E-state index < -0.39 is 0 Å². The Hall–Kier alpha value is -3.94. The van der Waals surface area contributed by atoms with Crippen LogP contribution in [-0.4, -0.2) is 26.0 Å². The van der Waals surface area contributed by atoms with E-state index in [4.69, 9.17) is 9.72 Å². The number of aromatic nitrogens is 3. The maximum Gasteiger partial charge on any atom is 0.225 e. The number of aromatic hydroxyl groups is 1. The molecule has 3 aliphatic rings. The van der Waals surface area contributed by atoms with Gasteiger partial charge in [0.05, 0.1) is 11.0 Å². The molecule has 3 N–H and O–H groups in total. The molecule has 34 heavy (non-hydrogen) atoms. The fourth-order valence-electron chi connectivity index (χ4n) is 5.51. The average molecular weight is 456 g/mol. The standard InChI is InChI=1S/C26H21FN4O3/c1-12-8-18-19(10-17(12)27)30-25(29-18)26-11-16(26)23(26)15-9-13(2-4-20(15)32)34-21-6-7-28-24-14(21)3-5-22(33)31-24/h2,4,6-10,16,23,32H,3,5,11H2,1H3,(H,29,30)(H,28,31,33)/t16-,23+,26-/m0/s1. The van der Waals surface area contributed by atoms with Crippen LogP contribution in [0.2, 0.25) is 0 Å². The van der Waals surface area contributed by atoms with E-state index in [9.17, 15) is 14.3 Å². The summed E-state index contributed by atoms with van der Waals surface area (Å²) >= 11 is 0. The molecule has 0 bridgehead atoms. The van der Waals surface area contributed by atoms with Crippen LogP contribution >= 0.6 is 0 Å². The number of hydrogen-bond donors (Lipinski definition) is 3. The zero-order valence-electron chi connectivity index (χ0n) is 18.4. The molecule has 1 amide bonds. The van der Waals surface area contributed by atoms with E-state index in [1.807, 2.05) is 6.07 Å². The van der Waals surface area contributed by atoms with E-state index in [2.05, 4.69) is 15.3 Å². The zero-order valence-corrected chi connectivity index (χ0v) is 18.4. The molecule has 7 nitrogen and oxygen atoms in total. The number of nitrogens with zero attached hydrogens (tertiary/aromatic N) is 2. The summed E-state index contributed by atoms with van der Waals surface area (Å²) in [5.74, 6) is 3.09. The summed E-state index contributed by atoms with van der Waals surface area (Å²) in [7, 11) is 0. The Bertz CT molecular complexity index is 1490. The van der Waals surface area contributed by atoms with Gasteiger partial charge in [-0.25, -0.2) is 14.4 Å². The van der Waals surface area contributed by atoms with Crippen molar-refractivity contribution in [2.24, 2.45) is 5.92 Å². The van der Waals surface area contributed by atoms with Gasteiger partial charge in [0.25, 0.3) is 0 Å². The normalized spacial score (nSPS) is 24.4. The molecule has 4 aromatic rings. The van der Waals surface area contributed by atoms with Crippen LogP contribution in [0.15, 0.2) is 42.6 Å². The number of anilines is 1. The molecular weight excluding hydrogens is 435 g/mol. The van der Waals surface area contributed by atoms with Gasteiger partial charge in [-0.05, 0) is 61.6 Å². The molecule has 8 heteroatoms. The third kappa shape index (κ3) is 2.71. The van der Waals surface area contributed by atoms with Gasteiger partial charge < -0.3 is 20.1 Å². The lowest BCUT2D eigenvalue weighted by Crippen LogP contribution is -2.20. The molecule has 2 saturated carbocycles. The van der Waals surface area contributed by atoms with Gasteiger partial charge in [0.2, 0.25) is 5.91 Å². The minimum absolute atomic E-state index is 0.0502. The first kappa shape index (κ1) is 19.5. The Labute approximate surface area is 194 Å². The molecule has 1 aliphatic heterocycles. The van der Waals surface area contributed by atoms with Crippen molar-refractivity contribution >= 4 is 22.8 Å². The number of nitrogens with one attached hydrogen (secondary N) is 2. The summed E-state index contributed by atoms with van der Waals surface area (Å²) < 4.78 is 20.2. The van der Waals surface area contributed by atoms with Crippen LogP contribution in [0.1, 0.15) is 41.3 Å². The van der Waals surface area contributed by atoms with Crippen molar-refractivity contribution in [3.8, 4) is 17.2 Å². The third-order valence-electron chi connectivity index (χ3n) is 7.55. The van der Waals surface area contributed by atoms with Crippen molar-refractivity contribution in [3.05, 3.63) is 70.9 Å². The topological polar surface area (TPSA) is 100 Å². The Kier molecular flexibility index (Phi) is 3.77. The molecule has 7 rings (SSSR count). The molecule has 2 aromatic heterocycles. The van der Waals surface area contributed by atoms with E-state index in [1.165, 1.54) is 6.07 Å². The highest BCUT2D eigenvalue weighted by molar-refractivity contribution is 5.93. The van der Waals surface area contributed by atoms with E-state index in [-0.39, 0.29) is 28.8 Å². The van der Waals surface area contributed by atoms with Gasteiger partial charge in [0.1, 0.15) is 34.7 Å². The van der Waals surface area contributed by atoms with Crippen molar-refractivity contribution in [1.29, 1.82) is 0 Å². The SMILES string of the molecule is Cc1cc2[nH]c([C@@]34C[C@H]3[C@H]4c3cc(Oc4ccnc5c4CCC(=O)N5)ccc3O)nc2cc1F. The molecule has 170 valence electrons.